The molecule has 0 aliphatic rings. The minimum absolute atomic E-state index is 0.0237. The highest BCUT2D eigenvalue weighted by Gasteiger charge is 2.18. The maximum atomic E-state index is 12.6. The molecule has 2 aromatic carbocycles. The summed E-state index contributed by atoms with van der Waals surface area (Å²) in [6.45, 7) is 0. The number of nitrogens with zero attached hydrogens (tertiary/aromatic N) is 1. The largest absolute Gasteiger partial charge is 0.496 e. The number of hydrogen-bond donors (Lipinski definition) is 1. The molecular weight excluding hydrogens is 320 g/mol. The van der Waals surface area contributed by atoms with E-state index >= 15 is 0 Å². The van der Waals surface area contributed by atoms with Crippen LogP contribution in [0.25, 0.3) is 0 Å². The van der Waals surface area contributed by atoms with Crippen LogP contribution in [0.1, 0.15) is 15.9 Å². The molecule has 6 heteroatoms. The lowest BCUT2D eigenvalue weighted by Gasteiger charge is -2.13. The average Bonchev–Trinajstić information content (AvgIpc) is 2.62. The average molecular weight is 342 g/mol. The zero-order valence-corrected chi connectivity index (χ0v) is 14.8. The zero-order valence-electron chi connectivity index (χ0n) is 14.8. The number of anilines is 1. The molecule has 0 aliphatic heterocycles. The van der Waals surface area contributed by atoms with Crippen molar-refractivity contribution in [3.05, 3.63) is 53.6 Å². The van der Waals surface area contributed by atoms with Crippen LogP contribution in [0.5, 0.6) is 11.5 Å². The summed E-state index contributed by atoms with van der Waals surface area (Å²) >= 11 is 0. The third kappa shape index (κ3) is 4.50. The summed E-state index contributed by atoms with van der Waals surface area (Å²) in [7, 11) is 6.44. The van der Waals surface area contributed by atoms with E-state index < -0.39 is 0 Å². The van der Waals surface area contributed by atoms with E-state index in [1.807, 2.05) is 12.1 Å². The Hall–Kier alpha value is -3.02. The van der Waals surface area contributed by atoms with Gasteiger partial charge in [0.2, 0.25) is 5.91 Å². The third-order valence-electron chi connectivity index (χ3n) is 3.72. The number of ether oxygens (including phenoxy) is 2. The van der Waals surface area contributed by atoms with Crippen LogP contribution in [-0.2, 0) is 11.2 Å². The van der Waals surface area contributed by atoms with Gasteiger partial charge < -0.3 is 19.7 Å². The summed E-state index contributed by atoms with van der Waals surface area (Å²) in [5, 5.41) is 2.82. The van der Waals surface area contributed by atoms with Gasteiger partial charge in [0, 0.05) is 19.8 Å². The first-order valence-electron chi connectivity index (χ1n) is 7.77. The molecule has 1 N–H and O–H groups in total. The molecule has 0 unspecified atom stereocenters. The lowest BCUT2D eigenvalue weighted by atomic mass is 10.1. The molecule has 2 rings (SSSR count). The van der Waals surface area contributed by atoms with Crippen molar-refractivity contribution in [3.8, 4) is 11.5 Å². The lowest BCUT2D eigenvalue weighted by molar-refractivity contribution is -0.127. The van der Waals surface area contributed by atoms with Gasteiger partial charge >= 0.3 is 0 Å². The summed E-state index contributed by atoms with van der Waals surface area (Å²) in [6, 6.07) is 12.3. The van der Waals surface area contributed by atoms with Crippen LogP contribution in [-0.4, -0.2) is 45.0 Å². The van der Waals surface area contributed by atoms with E-state index in [1.54, 1.807) is 49.3 Å². The maximum Gasteiger partial charge on any atom is 0.263 e. The van der Waals surface area contributed by atoms with E-state index in [4.69, 9.17) is 9.47 Å². The van der Waals surface area contributed by atoms with Gasteiger partial charge in [-0.3, -0.25) is 9.59 Å². The van der Waals surface area contributed by atoms with Gasteiger partial charge in [-0.25, -0.2) is 0 Å². The summed E-state index contributed by atoms with van der Waals surface area (Å²) in [4.78, 5) is 25.9. The van der Waals surface area contributed by atoms with E-state index in [0.29, 0.717) is 29.2 Å². The molecule has 132 valence electrons. The van der Waals surface area contributed by atoms with E-state index in [-0.39, 0.29) is 11.8 Å². The molecule has 0 radical (unpaired) electrons. The second-order valence-electron chi connectivity index (χ2n) is 5.65. The Labute approximate surface area is 147 Å². The van der Waals surface area contributed by atoms with Crippen LogP contribution >= 0.6 is 0 Å². The van der Waals surface area contributed by atoms with Gasteiger partial charge in [0.25, 0.3) is 5.91 Å². The monoisotopic (exact) mass is 342 g/mol. The topological polar surface area (TPSA) is 67.9 Å². The van der Waals surface area contributed by atoms with E-state index in [1.165, 1.54) is 14.2 Å². The van der Waals surface area contributed by atoms with Gasteiger partial charge in [-0.2, -0.15) is 0 Å². The maximum absolute atomic E-state index is 12.6. The van der Waals surface area contributed by atoms with Crippen molar-refractivity contribution in [2.24, 2.45) is 0 Å². The van der Waals surface area contributed by atoms with Crippen LogP contribution in [0.4, 0.5) is 5.69 Å². The number of amides is 2. The first-order chi connectivity index (χ1) is 12.0. The van der Waals surface area contributed by atoms with Crippen LogP contribution in [0.3, 0.4) is 0 Å². The Morgan fingerprint density at radius 2 is 1.52 bits per heavy atom. The van der Waals surface area contributed by atoms with Crippen molar-refractivity contribution in [1.29, 1.82) is 0 Å². The molecule has 0 saturated heterocycles. The summed E-state index contributed by atoms with van der Waals surface area (Å²) in [5.74, 6) is 0.567. The smallest absolute Gasteiger partial charge is 0.263 e. The molecule has 6 nitrogen and oxygen atoms in total. The van der Waals surface area contributed by atoms with Crippen LogP contribution in [0, 0.1) is 0 Å². The molecule has 2 aromatic rings. The predicted octanol–water partition coefficient (Wildman–Crippen LogP) is 2.59. The van der Waals surface area contributed by atoms with Crippen LogP contribution in [0.2, 0.25) is 0 Å². The molecule has 0 heterocycles. The fourth-order valence-electron chi connectivity index (χ4n) is 2.31. The summed E-state index contributed by atoms with van der Waals surface area (Å²) in [6.07, 6.45) is 0.321. The second-order valence-corrected chi connectivity index (χ2v) is 5.65. The van der Waals surface area contributed by atoms with Crippen molar-refractivity contribution in [1.82, 2.24) is 4.90 Å². The predicted molar refractivity (Wildman–Crippen MR) is 96.3 cm³/mol. The lowest BCUT2D eigenvalue weighted by Crippen LogP contribution is -2.23. The van der Waals surface area contributed by atoms with Crippen molar-refractivity contribution in [2.45, 2.75) is 6.42 Å². The minimum atomic E-state index is -0.327. The highest BCUT2D eigenvalue weighted by atomic mass is 16.5. The number of nitrogens with one attached hydrogen (secondary N) is 1. The fourth-order valence-corrected chi connectivity index (χ4v) is 2.31. The highest BCUT2D eigenvalue weighted by molar-refractivity contribution is 6.08. The van der Waals surface area contributed by atoms with Crippen molar-refractivity contribution < 1.29 is 19.1 Å². The standard InChI is InChI=1S/C19H22N2O4/c1-21(2)17(22)12-13-8-10-14(11-9-13)20-19(23)18-15(24-3)6-5-7-16(18)25-4/h5-11H,12H2,1-4H3,(H,20,23). The number of benzene rings is 2. The van der Waals surface area contributed by atoms with Crippen LogP contribution < -0.4 is 14.8 Å². The van der Waals surface area contributed by atoms with Crippen LogP contribution in [0.15, 0.2) is 42.5 Å². The van der Waals surface area contributed by atoms with E-state index in [9.17, 15) is 9.59 Å². The Kier molecular flexibility index (Phi) is 6.00. The second kappa shape index (κ2) is 8.19. The Morgan fingerprint density at radius 3 is 2.00 bits per heavy atom. The van der Waals surface area contributed by atoms with Gasteiger partial charge in [-0.05, 0) is 29.8 Å². The highest BCUT2D eigenvalue weighted by Crippen LogP contribution is 2.29. The van der Waals surface area contributed by atoms with E-state index in [0.717, 1.165) is 5.56 Å². The Balaban J connectivity index is 2.15. The molecule has 0 aromatic heterocycles. The summed E-state index contributed by atoms with van der Waals surface area (Å²) in [5.41, 5.74) is 1.84. The molecule has 0 spiro atoms. The molecule has 2 amide bonds. The van der Waals surface area contributed by atoms with Crippen molar-refractivity contribution in [2.75, 3.05) is 33.6 Å². The number of carbonyl (C=O) groups is 2. The number of carbonyl (C=O) groups excluding carboxylic acids is 2. The normalized spacial score (nSPS) is 10.1. The van der Waals surface area contributed by atoms with Gasteiger partial charge in [0.05, 0.1) is 20.6 Å². The Bertz CT molecular complexity index is 732. The quantitative estimate of drug-likeness (QED) is 0.876. The number of likely N-dealkylation sites (N-methyl/N-ethyl adjacent to an activating group) is 1. The summed E-state index contributed by atoms with van der Waals surface area (Å²) < 4.78 is 10.5. The SMILES string of the molecule is COc1cccc(OC)c1C(=O)Nc1ccc(CC(=O)N(C)C)cc1. The van der Waals surface area contributed by atoms with Crippen molar-refractivity contribution >= 4 is 17.5 Å². The molecule has 0 atom stereocenters. The van der Waals surface area contributed by atoms with Gasteiger partial charge in [0.15, 0.2) is 0 Å². The molecule has 25 heavy (non-hydrogen) atoms. The Morgan fingerprint density at radius 1 is 0.960 bits per heavy atom. The first-order valence-corrected chi connectivity index (χ1v) is 7.77. The molecule has 0 bridgehead atoms. The van der Waals surface area contributed by atoms with Crippen molar-refractivity contribution in [3.63, 3.8) is 0 Å². The molecule has 0 saturated carbocycles. The number of rotatable bonds is 6. The number of methoxy groups -OCH3 is 2. The molecule has 0 aliphatic carbocycles. The van der Waals surface area contributed by atoms with Gasteiger partial charge in [-0.1, -0.05) is 18.2 Å². The van der Waals surface area contributed by atoms with E-state index in [2.05, 4.69) is 5.32 Å². The number of hydrogen-bond acceptors (Lipinski definition) is 4. The van der Waals surface area contributed by atoms with Gasteiger partial charge in [-0.15, -0.1) is 0 Å². The van der Waals surface area contributed by atoms with Gasteiger partial charge in [0.1, 0.15) is 17.1 Å². The third-order valence-corrected chi connectivity index (χ3v) is 3.72. The zero-order chi connectivity index (χ0) is 18.4. The molecular formula is C19H22N2O4. The molecule has 0 fully saturated rings. The first kappa shape index (κ1) is 18.3. The fraction of sp³-hybridized carbons (Fsp3) is 0.263. The minimum Gasteiger partial charge on any atom is -0.496 e.